The highest BCUT2D eigenvalue weighted by Gasteiger charge is 2.47. The number of imide groups is 1. The minimum absolute atomic E-state index is 0.0824. The molecule has 2 fully saturated rings. The highest BCUT2D eigenvalue weighted by atomic mass is 19.3. The number of likely N-dealkylation sites (tertiary alicyclic amines) is 1. The van der Waals surface area contributed by atoms with Gasteiger partial charge in [0.05, 0.1) is 18.0 Å². The molecule has 0 spiro atoms. The maximum atomic E-state index is 15.1. The van der Waals surface area contributed by atoms with Crippen LogP contribution in [-0.2, 0) is 16.6 Å². The van der Waals surface area contributed by atoms with E-state index in [-0.39, 0.29) is 31.8 Å². The number of fused-ring (bicyclic) bond motifs is 1. The lowest BCUT2D eigenvalue weighted by Gasteiger charge is -2.39. The summed E-state index contributed by atoms with van der Waals surface area (Å²) in [5, 5.41) is 7.28. The number of amides is 4. The van der Waals surface area contributed by atoms with Crippen LogP contribution in [0, 0.1) is 0 Å². The highest BCUT2D eigenvalue weighted by Crippen LogP contribution is 2.42. The molecule has 2 aromatic rings. The molecule has 0 saturated carbocycles. The SMILES string of the molecule is Cn1nc(N2CCC(=O)NC2=O)c2ccc([C@H]3CCN(C(=O)OC(C)(C)C)CC3(F)F)cc21. The largest absolute Gasteiger partial charge is 0.444 e. The highest BCUT2D eigenvalue weighted by molar-refractivity contribution is 6.08. The number of aryl methyl sites for hydroxylation is 1. The predicted molar refractivity (Wildman–Crippen MR) is 116 cm³/mol. The fourth-order valence-corrected chi connectivity index (χ4v) is 4.27. The fourth-order valence-electron chi connectivity index (χ4n) is 4.27. The van der Waals surface area contributed by atoms with Crippen molar-refractivity contribution < 1.29 is 27.9 Å². The molecule has 0 aliphatic carbocycles. The van der Waals surface area contributed by atoms with Crippen molar-refractivity contribution in [2.45, 2.75) is 51.1 Å². The zero-order chi connectivity index (χ0) is 24.1. The van der Waals surface area contributed by atoms with E-state index in [1.165, 1.54) is 9.58 Å². The third-order valence-electron chi connectivity index (χ3n) is 5.82. The summed E-state index contributed by atoms with van der Waals surface area (Å²) in [6, 6.07) is 4.38. The molecule has 0 radical (unpaired) electrons. The van der Waals surface area contributed by atoms with Crippen LogP contribution in [0.3, 0.4) is 0 Å². The van der Waals surface area contributed by atoms with Crippen LogP contribution in [0.5, 0.6) is 0 Å². The lowest BCUT2D eigenvalue weighted by atomic mass is 9.86. The van der Waals surface area contributed by atoms with E-state index < -0.39 is 36.1 Å². The number of halogens is 2. The molecule has 1 atom stereocenters. The summed E-state index contributed by atoms with van der Waals surface area (Å²) in [4.78, 5) is 38.4. The van der Waals surface area contributed by atoms with Crippen LogP contribution in [-0.4, -0.2) is 63.9 Å². The summed E-state index contributed by atoms with van der Waals surface area (Å²) in [5.74, 6) is -4.19. The fraction of sp³-hybridized carbons (Fsp3) is 0.545. The molecule has 1 aromatic carbocycles. The number of aromatic nitrogens is 2. The molecule has 2 aliphatic heterocycles. The summed E-state index contributed by atoms with van der Waals surface area (Å²) >= 11 is 0. The molecule has 9 nitrogen and oxygen atoms in total. The van der Waals surface area contributed by atoms with Crippen molar-refractivity contribution in [3.05, 3.63) is 23.8 Å². The van der Waals surface area contributed by atoms with Crippen molar-refractivity contribution in [2.75, 3.05) is 24.5 Å². The van der Waals surface area contributed by atoms with Gasteiger partial charge in [0.1, 0.15) is 5.60 Å². The second-order valence-electron chi connectivity index (χ2n) is 9.48. The Bertz CT molecular complexity index is 1120. The van der Waals surface area contributed by atoms with E-state index in [0.717, 1.165) is 4.90 Å². The van der Waals surface area contributed by atoms with E-state index in [9.17, 15) is 14.4 Å². The van der Waals surface area contributed by atoms with Crippen molar-refractivity contribution in [2.24, 2.45) is 7.05 Å². The van der Waals surface area contributed by atoms with Crippen LogP contribution in [0.25, 0.3) is 10.9 Å². The van der Waals surface area contributed by atoms with Crippen LogP contribution in [0.15, 0.2) is 18.2 Å². The van der Waals surface area contributed by atoms with Crippen molar-refractivity contribution in [3.63, 3.8) is 0 Å². The van der Waals surface area contributed by atoms with E-state index in [2.05, 4.69) is 10.4 Å². The third kappa shape index (κ3) is 4.49. The summed E-state index contributed by atoms with van der Waals surface area (Å²) in [5.41, 5.74) is 0.270. The molecule has 4 amide bonds. The number of anilines is 1. The van der Waals surface area contributed by atoms with Crippen molar-refractivity contribution in [1.29, 1.82) is 0 Å². The predicted octanol–water partition coefficient (Wildman–Crippen LogP) is 3.38. The monoisotopic (exact) mass is 463 g/mol. The topological polar surface area (TPSA) is 96.8 Å². The maximum Gasteiger partial charge on any atom is 0.410 e. The molecular weight excluding hydrogens is 436 g/mol. The van der Waals surface area contributed by atoms with Crippen LogP contribution in [0.2, 0.25) is 0 Å². The third-order valence-corrected chi connectivity index (χ3v) is 5.82. The number of nitrogens with one attached hydrogen (secondary N) is 1. The number of nitrogens with zero attached hydrogens (tertiary/aromatic N) is 4. The molecule has 1 aromatic heterocycles. The summed E-state index contributed by atoms with van der Waals surface area (Å²) in [6.45, 7) is 4.71. The standard InChI is InChI=1S/C22H27F2N5O4/c1-21(2,3)33-20(32)28-9-7-15(22(23,24)12-28)13-5-6-14-16(11-13)27(4)26-18(14)29-10-8-17(30)25-19(29)31/h5-6,11,15H,7-10,12H2,1-4H3,(H,25,30,31)/t15-/m1/s1. The molecule has 33 heavy (non-hydrogen) atoms. The second kappa shape index (κ2) is 7.96. The van der Waals surface area contributed by atoms with Crippen LogP contribution in [0.1, 0.15) is 45.1 Å². The molecule has 1 N–H and O–H groups in total. The molecule has 3 heterocycles. The Kier molecular flexibility index (Phi) is 5.53. The number of alkyl halides is 2. The van der Waals surface area contributed by atoms with Gasteiger partial charge in [0.2, 0.25) is 5.91 Å². The van der Waals surface area contributed by atoms with Gasteiger partial charge in [-0.15, -0.1) is 0 Å². The van der Waals surface area contributed by atoms with Gasteiger partial charge in [-0.05, 0) is 44.9 Å². The van der Waals surface area contributed by atoms with E-state index in [1.54, 1.807) is 46.0 Å². The zero-order valence-electron chi connectivity index (χ0n) is 19.0. The van der Waals surface area contributed by atoms with Crippen LogP contribution >= 0.6 is 0 Å². The first-order valence-electron chi connectivity index (χ1n) is 10.8. The minimum atomic E-state index is -3.14. The Morgan fingerprint density at radius 1 is 1.24 bits per heavy atom. The molecule has 4 rings (SSSR count). The molecule has 178 valence electrons. The normalized spacial score (nSPS) is 21.3. The van der Waals surface area contributed by atoms with Gasteiger partial charge in [-0.1, -0.05) is 6.07 Å². The van der Waals surface area contributed by atoms with Crippen LogP contribution < -0.4 is 10.2 Å². The Balaban J connectivity index is 1.58. The first-order valence-corrected chi connectivity index (χ1v) is 10.8. The van der Waals surface area contributed by atoms with Gasteiger partial charge >= 0.3 is 12.1 Å². The first-order chi connectivity index (χ1) is 15.4. The van der Waals surface area contributed by atoms with E-state index in [0.29, 0.717) is 22.3 Å². The van der Waals surface area contributed by atoms with Gasteiger partial charge in [-0.2, -0.15) is 5.10 Å². The van der Waals surface area contributed by atoms with Crippen molar-refractivity contribution in [3.8, 4) is 0 Å². The number of carbonyl (C=O) groups excluding carboxylic acids is 3. The minimum Gasteiger partial charge on any atom is -0.444 e. The molecule has 0 unspecified atom stereocenters. The maximum absolute atomic E-state index is 15.1. The molecule has 2 aliphatic rings. The number of ether oxygens (including phenoxy) is 1. The number of carbonyl (C=O) groups is 3. The number of hydrogen-bond donors (Lipinski definition) is 1. The number of hydrogen-bond acceptors (Lipinski definition) is 5. The Labute approximate surface area is 189 Å². The number of benzene rings is 1. The lowest BCUT2D eigenvalue weighted by molar-refractivity contribution is -0.120. The van der Waals surface area contributed by atoms with Crippen LogP contribution in [0.4, 0.5) is 24.2 Å². The van der Waals surface area contributed by atoms with Gasteiger partial charge in [0, 0.05) is 31.9 Å². The van der Waals surface area contributed by atoms with Crippen molar-refractivity contribution in [1.82, 2.24) is 20.0 Å². The Hall–Kier alpha value is -3.24. The van der Waals surface area contributed by atoms with E-state index in [4.69, 9.17) is 4.74 Å². The summed E-state index contributed by atoms with van der Waals surface area (Å²) in [7, 11) is 1.67. The Morgan fingerprint density at radius 3 is 2.61 bits per heavy atom. The summed E-state index contributed by atoms with van der Waals surface area (Å²) in [6.07, 6.45) is -0.505. The second-order valence-corrected chi connectivity index (χ2v) is 9.48. The van der Waals surface area contributed by atoms with Gasteiger partial charge in [-0.25, -0.2) is 18.4 Å². The molecule has 11 heteroatoms. The van der Waals surface area contributed by atoms with E-state index >= 15 is 8.78 Å². The van der Waals surface area contributed by atoms with Gasteiger partial charge in [-0.3, -0.25) is 19.7 Å². The quantitative estimate of drug-likeness (QED) is 0.737. The number of rotatable bonds is 2. The molecule has 2 saturated heterocycles. The lowest BCUT2D eigenvalue weighted by Crippen LogP contribution is -2.50. The van der Waals surface area contributed by atoms with Gasteiger partial charge < -0.3 is 9.64 Å². The first kappa shape index (κ1) is 22.9. The molecular formula is C22H27F2N5O4. The molecule has 0 bridgehead atoms. The average Bonchev–Trinajstić information content (AvgIpc) is 3.01. The number of urea groups is 1. The van der Waals surface area contributed by atoms with Gasteiger partial charge in [0.15, 0.2) is 5.82 Å². The average molecular weight is 463 g/mol. The van der Waals surface area contributed by atoms with Gasteiger partial charge in [0.25, 0.3) is 5.92 Å². The summed E-state index contributed by atoms with van der Waals surface area (Å²) < 4.78 is 37.0. The van der Waals surface area contributed by atoms with Crippen molar-refractivity contribution >= 4 is 34.8 Å². The number of piperidine rings is 1. The zero-order valence-corrected chi connectivity index (χ0v) is 19.0. The smallest absolute Gasteiger partial charge is 0.410 e. The Morgan fingerprint density at radius 2 is 1.97 bits per heavy atom. The van der Waals surface area contributed by atoms with E-state index in [1.807, 2.05) is 0 Å².